The molecule has 16 aromatic carbocycles. The van der Waals surface area contributed by atoms with E-state index >= 15 is 0 Å². The van der Waals surface area contributed by atoms with Gasteiger partial charge in [0.1, 0.15) is 0 Å². The fraction of sp³-hybridized carbons (Fsp3) is 0.140. The normalized spacial score (nSPS) is 12.7. The highest BCUT2D eigenvalue weighted by molar-refractivity contribution is 7.00. The molecule has 2 aliphatic rings. The van der Waals surface area contributed by atoms with Gasteiger partial charge in [0.2, 0.25) is 0 Å². The number of rotatable bonds is 11. The number of fused-ring (bicyclic) bond motifs is 10. The summed E-state index contributed by atoms with van der Waals surface area (Å²) in [5.41, 5.74) is 36.5. The Labute approximate surface area is 711 Å². The van der Waals surface area contributed by atoms with Gasteiger partial charge in [0, 0.05) is 77.9 Å². The van der Waals surface area contributed by atoms with Crippen molar-refractivity contribution in [1.29, 1.82) is 5.26 Å². The van der Waals surface area contributed by atoms with Crippen LogP contribution in [0.15, 0.2) is 346 Å². The molecule has 2 aliphatic heterocycles. The molecule has 0 fully saturated rings. The number of hydrogen-bond donors (Lipinski definition) is 0. The molecule has 0 unspecified atom stereocenters. The molecule has 0 bridgehead atoms. The van der Waals surface area contributed by atoms with Crippen LogP contribution < -0.4 is 26.2 Å². The van der Waals surface area contributed by atoms with Gasteiger partial charge in [0.15, 0.2) is 5.69 Å². The van der Waals surface area contributed by atoms with E-state index in [1.807, 2.05) is 24.3 Å². The van der Waals surface area contributed by atoms with Gasteiger partial charge >= 0.3 is 0 Å². The zero-order valence-electron chi connectivity index (χ0n) is 70.7. The second-order valence-electron chi connectivity index (χ2n) is 37.1. The Morgan fingerprint density at radius 3 is 0.983 bits per heavy atom. The Kier molecular flexibility index (Phi) is 18.0. The molecule has 6 nitrogen and oxygen atoms in total. The van der Waals surface area contributed by atoms with E-state index in [0.717, 1.165) is 162 Å². The summed E-state index contributed by atoms with van der Waals surface area (Å²) in [6.07, 6.45) is 0. The Balaban J connectivity index is 0.996. The lowest BCUT2D eigenvalue weighted by molar-refractivity contribution is 0.590. The van der Waals surface area contributed by atoms with Crippen molar-refractivity contribution in [3.05, 3.63) is 385 Å². The summed E-state index contributed by atoms with van der Waals surface area (Å²) in [5, 5.41) is 15.2. The Morgan fingerprint density at radius 2 is 0.612 bits per heavy atom. The summed E-state index contributed by atoms with van der Waals surface area (Å²) in [7, 11) is 0. The predicted octanol–water partition coefficient (Wildman–Crippen LogP) is 29.2. The van der Waals surface area contributed by atoms with E-state index in [-0.39, 0.29) is 28.4 Å². The first-order valence-corrected chi connectivity index (χ1v) is 42.3. The molecule has 0 aliphatic carbocycles. The van der Waals surface area contributed by atoms with Gasteiger partial charge in [0.05, 0.1) is 51.6 Å². The smallest absolute Gasteiger partial charge is 0.252 e. The third-order valence-electron chi connectivity index (χ3n) is 25.4. The molecule has 0 saturated carbocycles. The van der Waals surface area contributed by atoms with Gasteiger partial charge in [-0.15, -0.1) is 0 Å². The zero-order valence-corrected chi connectivity index (χ0v) is 70.7. The molecule has 0 atom stereocenters. The number of benzene rings is 16. The average Bonchev–Trinajstić information content (AvgIpc) is 1.36. The highest BCUT2D eigenvalue weighted by Gasteiger charge is 2.46. The van der Waals surface area contributed by atoms with E-state index in [0.29, 0.717) is 11.3 Å². The van der Waals surface area contributed by atoms with Crippen LogP contribution in [-0.2, 0) is 21.7 Å². The van der Waals surface area contributed by atoms with Crippen molar-refractivity contribution in [1.82, 2.24) is 9.13 Å². The fourth-order valence-corrected chi connectivity index (χ4v) is 19.0. The zero-order chi connectivity index (χ0) is 83.1. The number of nitrogens with zero attached hydrogens (tertiary/aromatic N) is 6. The Morgan fingerprint density at radius 1 is 0.281 bits per heavy atom. The predicted molar refractivity (Wildman–Crippen MR) is 513 cm³/mol. The molecule has 2 aromatic heterocycles. The average molecular weight is 1560 g/mol. The van der Waals surface area contributed by atoms with Crippen LogP contribution in [0.1, 0.15) is 111 Å². The monoisotopic (exact) mass is 1560 g/mol. The molecule has 0 spiro atoms. The number of hydrogen-bond acceptors (Lipinski definition) is 3. The Hall–Kier alpha value is -14.2. The van der Waals surface area contributed by atoms with E-state index in [1.165, 1.54) is 43.8 Å². The van der Waals surface area contributed by atoms with Crippen LogP contribution >= 0.6 is 0 Å². The summed E-state index contributed by atoms with van der Waals surface area (Å²) < 4.78 is 4.98. The lowest BCUT2D eigenvalue weighted by Crippen LogP contribution is -2.61. The first-order chi connectivity index (χ1) is 58.4. The minimum atomic E-state index is -0.366. The van der Waals surface area contributed by atoms with Crippen molar-refractivity contribution < 1.29 is 0 Å². The lowest BCUT2D eigenvalue weighted by atomic mass is 9.33. The van der Waals surface area contributed by atoms with E-state index < -0.39 is 0 Å². The fourth-order valence-electron chi connectivity index (χ4n) is 19.0. The maximum Gasteiger partial charge on any atom is 0.252 e. The molecule has 0 N–H and O–H groups in total. The number of aromatic nitrogens is 2. The Bertz CT molecular complexity index is 6780. The summed E-state index contributed by atoms with van der Waals surface area (Å²) in [6.45, 7) is 35.5. The maximum absolute atomic E-state index is 10.4. The van der Waals surface area contributed by atoms with Crippen molar-refractivity contribution in [3.63, 3.8) is 0 Å². The summed E-state index contributed by atoms with van der Waals surface area (Å²) in [5.74, 6) is 0. The van der Waals surface area contributed by atoms with Crippen molar-refractivity contribution >= 4 is 107 Å². The summed E-state index contributed by atoms with van der Waals surface area (Å²) in [6, 6.07) is 132. The first kappa shape index (κ1) is 75.5. The van der Waals surface area contributed by atoms with Crippen molar-refractivity contribution in [2.24, 2.45) is 0 Å². The van der Waals surface area contributed by atoms with E-state index in [4.69, 9.17) is 6.57 Å². The molecular formula is C114H93BN6. The summed E-state index contributed by atoms with van der Waals surface area (Å²) in [4.78, 5) is 9.32. The third-order valence-corrected chi connectivity index (χ3v) is 25.4. The van der Waals surface area contributed by atoms with Gasteiger partial charge in [-0.2, -0.15) is 5.26 Å². The van der Waals surface area contributed by atoms with Crippen LogP contribution in [0.4, 0.5) is 39.8 Å². The number of anilines is 6. The lowest BCUT2D eigenvalue weighted by Gasteiger charge is -2.46. The molecule has 7 heteroatoms. The molecular weight excluding hydrogens is 1460 g/mol. The van der Waals surface area contributed by atoms with Crippen molar-refractivity contribution in [3.8, 4) is 95.3 Å². The van der Waals surface area contributed by atoms with Crippen molar-refractivity contribution in [2.75, 3.05) is 9.80 Å². The largest absolute Gasteiger partial charge is 0.310 e. The van der Waals surface area contributed by atoms with E-state index in [1.54, 1.807) is 0 Å². The van der Waals surface area contributed by atoms with Gasteiger partial charge in [-0.05, 0) is 213 Å². The number of para-hydroxylation sites is 4. The van der Waals surface area contributed by atoms with Crippen LogP contribution in [-0.4, -0.2) is 15.8 Å². The van der Waals surface area contributed by atoms with Gasteiger partial charge in [-0.1, -0.05) is 332 Å². The minimum Gasteiger partial charge on any atom is -0.310 e. The standard InChI is InChI=1S/C114H93BN6/c1-111(2,3)83-51-45-76(46-52-83)94-63-80(74-43-41-72(71-116)42-44-74)65-96(78-29-25-31-85(61-78)113(7,8)9)109(94)120-104-69-88(118-100-37-21-17-33-90(100)91-34-18-22-38-101(91)118)57-59-98(104)115-99-60-58-89(119-102-39-23-19-35-92(102)93-36-20-24-40-103(93)119)70-105(99)121(107-68-82(67-106(120)108(107)115)73-27-15-14-16-28-73)110-95(77-47-53-84(54-48-77)112(4,5)6)64-81(75-49-55-87(117-13)56-50-75)66-97(110)79-30-26-32-86(62-79)114(10,11)12/h14-70H,1-12H3. The molecule has 121 heavy (non-hydrogen) atoms. The van der Waals surface area contributed by atoms with Gasteiger partial charge in [0.25, 0.3) is 6.71 Å². The minimum absolute atomic E-state index is 0.130. The molecule has 0 amide bonds. The topological polar surface area (TPSA) is 44.5 Å². The van der Waals surface area contributed by atoms with Crippen molar-refractivity contribution in [2.45, 2.75) is 105 Å². The van der Waals surface area contributed by atoms with Gasteiger partial charge < -0.3 is 18.9 Å². The van der Waals surface area contributed by atoms with Crippen LogP contribution in [0.2, 0.25) is 0 Å². The van der Waals surface area contributed by atoms with Gasteiger partial charge in [-0.3, -0.25) is 0 Å². The molecule has 18 aromatic rings. The molecule has 582 valence electrons. The highest BCUT2D eigenvalue weighted by Crippen LogP contribution is 2.57. The second kappa shape index (κ2) is 28.8. The second-order valence-corrected chi connectivity index (χ2v) is 37.1. The van der Waals surface area contributed by atoms with Crippen LogP contribution in [0.5, 0.6) is 0 Å². The third kappa shape index (κ3) is 13.0. The van der Waals surface area contributed by atoms with E-state index in [9.17, 15) is 5.26 Å². The number of nitriles is 1. The maximum atomic E-state index is 10.4. The molecule has 4 heterocycles. The van der Waals surface area contributed by atoms with Crippen LogP contribution in [0.3, 0.4) is 0 Å². The SMILES string of the molecule is [C-]#[N+]c1ccc(-c2cc(-c3ccc(C(C)(C)C)cc3)c(N3c4cc(-n5c6ccccc6c6ccccc65)ccc4B4c5ccc(-n6c7ccccc7c7ccccc76)cc5N(c5c(-c6ccc(C(C)(C)C)cc6)cc(-c6ccc(C#N)cc6)cc5-c5cccc(C(C)(C)C)c5)c5cc(-c6ccccc6)cc3c54)c(-c3cccc(C(C)(C)C)c3)c2)cc1. The van der Waals surface area contributed by atoms with E-state index in [2.05, 4.69) is 434 Å². The van der Waals surface area contributed by atoms with Crippen LogP contribution in [0.25, 0.3) is 138 Å². The molecule has 0 saturated heterocycles. The van der Waals surface area contributed by atoms with Gasteiger partial charge in [-0.25, -0.2) is 4.85 Å². The first-order valence-electron chi connectivity index (χ1n) is 42.3. The molecule has 0 radical (unpaired) electrons. The molecule has 20 rings (SSSR count). The van der Waals surface area contributed by atoms with Crippen LogP contribution in [0, 0.1) is 17.9 Å². The quantitative estimate of drug-likeness (QED) is 0.0958. The summed E-state index contributed by atoms with van der Waals surface area (Å²) >= 11 is 0. The highest BCUT2D eigenvalue weighted by atomic mass is 15.2.